The summed E-state index contributed by atoms with van der Waals surface area (Å²) in [6.07, 6.45) is 3.92. The van der Waals surface area contributed by atoms with Crippen molar-refractivity contribution in [1.29, 1.82) is 0 Å². The second-order valence-electron chi connectivity index (χ2n) is 4.45. The smallest absolute Gasteiger partial charge is 0.125 e. The molecule has 2 N–H and O–H groups in total. The van der Waals surface area contributed by atoms with E-state index < -0.39 is 0 Å². The summed E-state index contributed by atoms with van der Waals surface area (Å²) < 4.78 is 0. The van der Waals surface area contributed by atoms with E-state index in [1.54, 1.807) is 11.3 Å². The lowest BCUT2D eigenvalue weighted by molar-refractivity contribution is 0.238. The number of H-pyrrole nitrogens is 1. The van der Waals surface area contributed by atoms with Crippen LogP contribution < -0.4 is 5.32 Å². The van der Waals surface area contributed by atoms with Gasteiger partial charge in [-0.2, -0.15) is 0 Å². The summed E-state index contributed by atoms with van der Waals surface area (Å²) in [6, 6.07) is 2.43. The van der Waals surface area contributed by atoms with Gasteiger partial charge in [0.1, 0.15) is 5.01 Å². The third-order valence-electron chi connectivity index (χ3n) is 3.10. The first-order valence-corrected chi connectivity index (χ1v) is 6.71. The zero-order valence-corrected chi connectivity index (χ0v) is 10.6. The Morgan fingerprint density at radius 2 is 2.47 bits per heavy atom. The van der Waals surface area contributed by atoms with Crippen LogP contribution >= 0.6 is 11.3 Å². The van der Waals surface area contributed by atoms with Crippen LogP contribution in [0.25, 0.3) is 10.6 Å². The van der Waals surface area contributed by atoms with E-state index in [1.807, 2.05) is 12.4 Å². The van der Waals surface area contributed by atoms with E-state index in [9.17, 15) is 0 Å². The Morgan fingerprint density at radius 3 is 3.24 bits per heavy atom. The predicted octanol–water partition coefficient (Wildman–Crippen LogP) is 1.71. The van der Waals surface area contributed by atoms with E-state index in [0.29, 0.717) is 6.04 Å². The summed E-state index contributed by atoms with van der Waals surface area (Å²) >= 11 is 1.71. The number of rotatable bonds is 2. The lowest BCUT2D eigenvalue weighted by Gasteiger charge is -2.29. The van der Waals surface area contributed by atoms with Gasteiger partial charge in [0.15, 0.2) is 0 Å². The van der Waals surface area contributed by atoms with Crippen LogP contribution in [0.5, 0.6) is 0 Å². The topological polar surface area (TPSA) is 44.0 Å². The molecule has 1 aliphatic heterocycles. The van der Waals surface area contributed by atoms with Gasteiger partial charge in [0.2, 0.25) is 0 Å². The molecule has 5 heteroatoms. The van der Waals surface area contributed by atoms with Crippen molar-refractivity contribution in [3.63, 3.8) is 0 Å². The Balaban J connectivity index is 1.80. The van der Waals surface area contributed by atoms with Crippen LogP contribution in [0.4, 0.5) is 0 Å². The Kier molecular flexibility index (Phi) is 2.96. The Hall–Kier alpha value is -1.17. The fourth-order valence-corrected chi connectivity index (χ4v) is 3.00. The van der Waals surface area contributed by atoms with Gasteiger partial charge < -0.3 is 15.2 Å². The molecule has 0 radical (unpaired) electrons. The quantitative estimate of drug-likeness (QED) is 0.850. The number of nitrogens with zero attached hydrogens (tertiary/aromatic N) is 2. The lowest BCUT2D eigenvalue weighted by atomic mass is 10.2. The van der Waals surface area contributed by atoms with E-state index in [0.717, 1.165) is 30.3 Å². The molecule has 0 aliphatic carbocycles. The number of thiazole rings is 1. The van der Waals surface area contributed by atoms with Crippen molar-refractivity contribution < 1.29 is 0 Å². The number of piperazine rings is 1. The molecule has 1 aliphatic rings. The molecule has 1 unspecified atom stereocenters. The van der Waals surface area contributed by atoms with Crippen LogP contribution in [0.15, 0.2) is 23.8 Å². The van der Waals surface area contributed by atoms with Gasteiger partial charge in [-0.15, -0.1) is 11.3 Å². The minimum Gasteiger partial charge on any atom is -0.367 e. The summed E-state index contributed by atoms with van der Waals surface area (Å²) in [5.41, 5.74) is 2.34. The summed E-state index contributed by atoms with van der Waals surface area (Å²) in [7, 11) is 2.16. The van der Waals surface area contributed by atoms with Crippen molar-refractivity contribution in [3.8, 4) is 10.6 Å². The summed E-state index contributed by atoms with van der Waals surface area (Å²) in [6.45, 7) is 3.19. The number of hydrogen-bond acceptors (Lipinski definition) is 4. The molecule has 3 rings (SSSR count). The first kappa shape index (κ1) is 11.0. The Bertz CT molecular complexity index is 476. The number of likely N-dealkylation sites (N-methyl/N-ethyl adjacent to an activating group) is 1. The zero-order valence-electron chi connectivity index (χ0n) is 9.81. The second-order valence-corrected chi connectivity index (χ2v) is 5.30. The molecule has 0 bridgehead atoms. The van der Waals surface area contributed by atoms with Gasteiger partial charge in [0, 0.05) is 43.0 Å². The van der Waals surface area contributed by atoms with Crippen LogP contribution in [0.2, 0.25) is 0 Å². The third kappa shape index (κ3) is 2.26. The molecule has 17 heavy (non-hydrogen) atoms. The highest BCUT2D eigenvalue weighted by molar-refractivity contribution is 7.13. The van der Waals surface area contributed by atoms with Crippen molar-refractivity contribution >= 4 is 11.3 Å². The standard InChI is InChI=1S/C12H16N4S/c1-16-5-4-14-10(7-16)11-8-17-12(15-11)9-2-3-13-6-9/h2-3,6,8,10,13-14H,4-5,7H2,1H3. The van der Waals surface area contributed by atoms with E-state index in [1.165, 1.54) is 5.56 Å². The van der Waals surface area contributed by atoms with Crippen LogP contribution in [-0.2, 0) is 0 Å². The van der Waals surface area contributed by atoms with E-state index in [-0.39, 0.29) is 0 Å². The minimum atomic E-state index is 0.373. The van der Waals surface area contributed by atoms with Gasteiger partial charge in [-0.05, 0) is 13.1 Å². The maximum atomic E-state index is 4.72. The van der Waals surface area contributed by atoms with Crippen LogP contribution in [0.1, 0.15) is 11.7 Å². The van der Waals surface area contributed by atoms with Gasteiger partial charge in [0.25, 0.3) is 0 Å². The zero-order chi connectivity index (χ0) is 11.7. The normalized spacial score (nSPS) is 21.8. The minimum absolute atomic E-state index is 0.373. The number of aromatic amines is 1. The monoisotopic (exact) mass is 248 g/mol. The largest absolute Gasteiger partial charge is 0.367 e. The molecule has 2 aromatic heterocycles. The van der Waals surface area contributed by atoms with E-state index in [4.69, 9.17) is 4.98 Å². The first-order valence-electron chi connectivity index (χ1n) is 5.83. The fourth-order valence-electron chi connectivity index (χ4n) is 2.13. The number of hydrogen-bond donors (Lipinski definition) is 2. The van der Waals surface area contributed by atoms with Gasteiger partial charge in [-0.3, -0.25) is 0 Å². The van der Waals surface area contributed by atoms with Crippen LogP contribution in [0, 0.1) is 0 Å². The molecular formula is C12H16N4S. The summed E-state index contributed by atoms with van der Waals surface area (Å²) in [4.78, 5) is 10.1. The lowest BCUT2D eigenvalue weighted by Crippen LogP contribution is -2.43. The molecule has 1 saturated heterocycles. The average molecular weight is 248 g/mol. The molecule has 90 valence electrons. The molecule has 4 nitrogen and oxygen atoms in total. The van der Waals surface area contributed by atoms with Gasteiger partial charge in [0.05, 0.1) is 11.7 Å². The van der Waals surface area contributed by atoms with Crippen LogP contribution in [-0.4, -0.2) is 41.5 Å². The third-order valence-corrected chi connectivity index (χ3v) is 4.01. The van der Waals surface area contributed by atoms with E-state index in [2.05, 4.69) is 33.7 Å². The molecule has 0 amide bonds. The maximum Gasteiger partial charge on any atom is 0.125 e. The highest BCUT2D eigenvalue weighted by atomic mass is 32.1. The van der Waals surface area contributed by atoms with Crippen LogP contribution in [0.3, 0.4) is 0 Å². The van der Waals surface area contributed by atoms with Gasteiger partial charge >= 0.3 is 0 Å². The molecular weight excluding hydrogens is 232 g/mol. The van der Waals surface area contributed by atoms with E-state index >= 15 is 0 Å². The summed E-state index contributed by atoms with van der Waals surface area (Å²) in [5, 5.41) is 6.78. The molecule has 1 fully saturated rings. The molecule has 0 saturated carbocycles. The second kappa shape index (κ2) is 4.60. The molecule has 0 aromatic carbocycles. The highest BCUT2D eigenvalue weighted by Gasteiger charge is 2.20. The number of aromatic nitrogens is 2. The average Bonchev–Trinajstić information content (AvgIpc) is 3.00. The highest BCUT2D eigenvalue weighted by Crippen LogP contribution is 2.26. The van der Waals surface area contributed by atoms with Crippen molar-refractivity contribution in [2.45, 2.75) is 6.04 Å². The Labute approximate surface area is 105 Å². The van der Waals surface area contributed by atoms with Crippen molar-refractivity contribution in [2.24, 2.45) is 0 Å². The molecule has 3 heterocycles. The molecule has 0 spiro atoms. The number of nitrogens with one attached hydrogen (secondary N) is 2. The first-order chi connectivity index (χ1) is 8.33. The van der Waals surface area contributed by atoms with Gasteiger partial charge in [-0.25, -0.2) is 4.98 Å². The van der Waals surface area contributed by atoms with Crippen molar-refractivity contribution in [1.82, 2.24) is 20.2 Å². The SMILES string of the molecule is CN1CCNC(c2csc(-c3cc[nH]c3)n2)C1. The Morgan fingerprint density at radius 1 is 1.53 bits per heavy atom. The fraction of sp³-hybridized carbons (Fsp3) is 0.417. The van der Waals surface area contributed by atoms with Gasteiger partial charge in [-0.1, -0.05) is 0 Å². The summed E-state index contributed by atoms with van der Waals surface area (Å²) in [5.74, 6) is 0. The van der Waals surface area contributed by atoms with Crippen molar-refractivity contribution in [2.75, 3.05) is 26.7 Å². The molecule has 2 aromatic rings. The maximum absolute atomic E-state index is 4.72. The molecule has 1 atom stereocenters. The van der Waals surface area contributed by atoms with Crippen molar-refractivity contribution in [3.05, 3.63) is 29.5 Å². The predicted molar refractivity (Wildman–Crippen MR) is 70.1 cm³/mol.